The van der Waals surface area contributed by atoms with Gasteiger partial charge in [0.1, 0.15) is 4.90 Å². The van der Waals surface area contributed by atoms with Gasteiger partial charge in [-0.3, -0.25) is 5.10 Å². The fraction of sp³-hybridized carbons (Fsp3) is 0.308. The Balaban J connectivity index is 1.79. The molecule has 0 amide bonds. The molecule has 3 rings (SSSR count). The first-order valence-electron chi connectivity index (χ1n) is 6.40. The molecule has 0 bridgehead atoms. The summed E-state index contributed by atoms with van der Waals surface area (Å²) in [7, 11) is -3.53. The van der Waals surface area contributed by atoms with Gasteiger partial charge in [0.25, 0.3) is 0 Å². The van der Waals surface area contributed by atoms with Crippen LogP contribution in [0.15, 0.2) is 35.4 Å². The number of aryl methyl sites for hydroxylation is 1. The molecule has 0 fully saturated rings. The van der Waals surface area contributed by atoms with Crippen molar-refractivity contribution in [3.05, 3.63) is 41.7 Å². The number of rotatable bonds is 3. The maximum atomic E-state index is 12.3. The molecule has 2 aromatic rings. The molecule has 0 saturated heterocycles. The second-order valence-electron chi connectivity index (χ2n) is 4.92. The van der Waals surface area contributed by atoms with Crippen LogP contribution in [0.2, 0.25) is 0 Å². The molecule has 20 heavy (non-hydrogen) atoms. The van der Waals surface area contributed by atoms with Crippen LogP contribution in [0.1, 0.15) is 11.3 Å². The molecule has 2 heterocycles. The van der Waals surface area contributed by atoms with Crippen LogP contribution in [0, 0.1) is 6.92 Å². The molecule has 7 heteroatoms. The molecule has 1 atom stereocenters. The van der Waals surface area contributed by atoms with Gasteiger partial charge in [-0.1, -0.05) is 18.2 Å². The van der Waals surface area contributed by atoms with Crippen LogP contribution in [-0.2, 0) is 16.4 Å². The average molecular weight is 292 g/mol. The van der Waals surface area contributed by atoms with E-state index in [-0.39, 0.29) is 10.9 Å². The molecular formula is C13H16N4O2S. The Morgan fingerprint density at radius 3 is 2.90 bits per heavy atom. The highest BCUT2D eigenvalue weighted by molar-refractivity contribution is 7.89. The summed E-state index contributed by atoms with van der Waals surface area (Å²) in [6, 6.07) is 7.76. The van der Waals surface area contributed by atoms with E-state index in [1.54, 1.807) is 6.92 Å². The number of hydrogen-bond donors (Lipinski definition) is 3. The van der Waals surface area contributed by atoms with Crippen molar-refractivity contribution in [2.75, 3.05) is 11.9 Å². The van der Waals surface area contributed by atoms with E-state index in [1.807, 2.05) is 24.3 Å². The fourth-order valence-corrected chi connectivity index (χ4v) is 3.79. The molecule has 1 aromatic carbocycles. The highest BCUT2D eigenvalue weighted by atomic mass is 32.2. The Morgan fingerprint density at radius 2 is 2.15 bits per heavy atom. The van der Waals surface area contributed by atoms with Crippen LogP contribution in [-0.4, -0.2) is 31.2 Å². The first kappa shape index (κ1) is 13.1. The summed E-state index contributed by atoms with van der Waals surface area (Å²) in [5.74, 6) is 0. The zero-order chi connectivity index (χ0) is 14.2. The predicted octanol–water partition coefficient (Wildman–Crippen LogP) is 1.03. The van der Waals surface area contributed by atoms with Crippen molar-refractivity contribution in [3.8, 4) is 0 Å². The van der Waals surface area contributed by atoms with Crippen molar-refractivity contribution in [2.24, 2.45) is 0 Å². The monoisotopic (exact) mass is 292 g/mol. The number of H-pyrrole nitrogens is 1. The second kappa shape index (κ2) is 4.92. The standard InChI is InChI=1S/C13H16N4O2S/c1-9-13(8-15-16-9)20(18,19)17-11-6-10-4-2-3-5-12(10)14-7-11/h2-5,8,11,14,17H,6-7H2,1H3,(H,15,16). The number of anilines is 1. The normalized spacial score (nSPS) is 18.4. The van der Waals surface area contributed by atoms with Gasteiger partial charge in [0.15, 0.2) is 0 Å². The molecule has 0 aliphatic carbocycles. The molecule has 3 N–H and O–H groups in total. The van der Waals surface area contributed by atoms with Crippen molar-refractivity contribution in [1.82, 2.24) is 14.9 Å². The Bertz CT molecular complexity index is 723. The average Bonchev–Trinajstić information content (AvgIpc) is 2.85. The highest BCUT2D eigenvalue weighted by Gasteiger charge is 2.25. The Morgan fingerprint density at radius 1 is 1.35 bits per heavy atom. The minimum absolute atomic E-state index is 0.163. The number of nitrogens with zero attached hydrogens (tertiary/aromatic N) is 1. The molecule has 6 nitrogen and oxygen atoms in total. The van der Waals surface area contributed by atoms with E-state index in [0.717, 1.165) is 11.3 Å². The van der Waals surface area contributed by atoms with Crippen LogP contribution in [0.5, 0.6) is 0 Å². The molecule has 106 valence electrons. The Labute approximate surface area is 117 Å². The molecule has 0 radical (unpaired) electrons. The number of hydrogen-bond acceptors (Lipinski definition) is 4. The summed E-state index contributed by atoms with van der Waals surface area (Å²) in [4.78, 5) is 0.205. The van der Waals surface area contributed by atoms with E-state index < -0.39 is 10.0 Å². The highest BCUT2D eigenvalue weighted by Crippen LogP contribution is 2.22. The van der Waals surface area contributed by atoms with Gasteiger partial charge in [-0.05, 0) is 25.0 Å². The van der Waals surface area contributed by atoms with Gasteiger partial charge in [-0.15, -0.1) is 0 Å². The van der Waals surface area contributed by atoms with E-state index in [9.17, 15) is 8.42 Å². The third-order valence-corrected chi connectivity index (χ3v) is 5.05. The zero-order valence-corrected chi connectivity index (χ0v) is 11.9. The minimum Gasteiger partial charge on any atom is -0.383 e. The quantitative estimate of drug-likeness (QED) is 0.788. The number of aromatic nitrogens is 2. The van der Waals surface area contributed by atoms with E-state index in [0.29, 0.717) is 18.7 Å². The van der Waals surface area contributed by atoms with Gasteiger partial charge in [0.05, 0.1) is 11.9 Å². The molecule has 1 aliphatic heterocycles. The van der Waals surface area contributed by atoms with Gasteiger partial charge in [0.2, 0.25) is 10.0 Å². The van der Waals surface area contributed by atoms with Gasteiger partial charge >= 0.3 is 0 Å². The Hall–Kier alpha value is -1.86. The first-order chi connectivity index (χ1) is 9.56. The molecule has 0 saturated carbocycles. The summed E-state index contributed by atoms with van der Waals surface area (Å²) in [5, 5.41) is 9.64. The van der Waals surface area contributed by atoms with Gasteiger partial charge < -0.3 is 5.32 Å². The van der Waals surface area contributed by atoms with E-state index >= 15 is 0 Å². The van der Waals surface area contributed by atoms with Crippen LogP contribution >= 0.6 is 0 Å². The minimum atomic E-state index is -3.53. The first-order valence-corrected chi connectivity index (χ1v) is 7.88. The SMILES string of the molecule is Cc1[nH]ncc1S(=O)(=O)NC1CNc2ccccc2C1. The van der Waals surface area contributed by atoms with Gasteiger partial charge in [0, 0.05) is 18.3 Å². The van der Waals surface area contributed by atoms with Gasteiger partial charge in [-0.2, -0.15) is 5.10 Å². The molecule has 1 aliphatic rings. The summed E-state index contributed by atoms with van der Waals surface area (Å²) >= 11 is 0. The zero-order valence-electron chi connectivity index (χ0n) is 11.1. The molecule has 0 spiro atoms. The number of nitrogens with one attached hydrogen (secondary N) is 3. The van der Waals surface area contributed by atoms with Crippen LogP contribution in [0.4, 0.5) is 5.69 Å². The van der Waals surface area contributed by atoms with Crippen molar-refractivity contribution < 1.29 is 8.42 Å². The Kier molecular flexibility index (Phi) is 3.23. The lowest BCUT2D eigenvalue weighted by Gasteiger charge is -2.26. The van der Waals surface area contributed by atoms with E-state index in [2.05, 4.69) is 20.2 Å². The lowest BCUT2D eigenvalue weighted by molar-refractivity contribution is 0.548. The van der Waals surface area contributed by atoms with Crippen LogP contribution < -0.4 is 10.0 Å². The lowest BCUT2D eigenvalue weighted by atomic mass is 10.0. The summed E-state index contributed by atoms with van der Waals surface area (Å²) in [6.07, 6.45) is 2.02. The summed E-state index contributed by atoms with van der Waals surface area (Å²) < 4.78 is 27.3. The third kappa shape index (κ3) is 2.41. The van der Waals surface area contributed by atoms with Crippen molar-refractivity contribution in [3.63, 3.8) is 0 Å². The summed E-state index contributed by atoms with van der Waals surface area (Å²) in [5.41, 5.74) is 2.74. The number of aromatic amines is 1. The molecular weight excluding hydrogens is 276 g/mol. The fourth-order valence-electron chi connectivity index (χ4n) is 2.42. The van der Waals surface area contributed by atoms with Crippen molar-refractivity contribution in [2.45, 2.75) is 24.3 Å². The van der Waals surface area contributed by atoms with Crippen molar-refractivity contribution >= 4 is 15.7 Å². The van der Waals surface area contributed by atoms with E-state index in [1.165, 1.54) is 6.20 Å². The van der Waals surface area contributed by atoms with Crippen LogP contribution in [0.25, 0.3) is 0 Å². The number of fused-ring (bicyclic) bond motifs is 1. The second-order valence-corrected chi connectivity index (χ2v) is 6.60. The van der Waals surface area contributed by atoms with Gasteiger partial charge in [-0.25, -0.2) is 13.1 Å². The largest absolute Gasteiger partial charge is 0.383 e. The van der Waals surface area contributed by atoms with Crippen molar-refractivity contribution in [1.29, 1.82) is 0 Å². The number of benzene rings is 1. The predicted molar refractivity (Wildman–Crippen MR) is 76.1 cm³/mol. The van der Waals surface area contributed by atoms with E-state index in [4.69, 9.17) is 0 Å². The van der Waals surface area contributed by atoms with Crippen LogP contribution in [0.3, 0.4) is 0 Å². The summed E-state index contributed by atoms with van der Waals surface area (Å²) in [6.45, 7) is 2.27. The molecule has 1 unspecified atom stereocenters. The topological polar surface area (TPSA) is 86.9 Å². The number of para-hydroxylation sites is 1. The lowest BCUT2D eigenvalue weighted by Crippen LogP contribution is -2.43. The molecule has 1 aromatic heterocycles. The smallest absolute Gasteiger partial charge is 0.244 e. The number of sulfonamides is 1. The maximum Gasteiger partial charge on any atom is 0.244 e. The third-order valence-electron chi connectivity index (χ3n) is 3.42. The maximum absolute atomic E-state index is 12.3.